The number of fused-ring (bicyclic) bond motifs is 1. The Labute approximate surface area is 151 Å². The zero-order chi connectivity index (χ0) is 18.2. The van der Waals surface area contributed by atoms with Crippen LogP contribution in [0.15, 0.2) is 42.5 Å². The van der Waals surface area contributed by atoms with E-state index in [4.69, 9.17) is 16.3 Å². The molecule has 132 valence electrons. The molecule has 8 heteroatoms. The third kappa shape index (κ3) is 3.88. The molecule has 0 unspecified atom stereocenters. The largest absolute Gasteiger partial charge is 0.476 e. The predicted octanol–water partition coefficient (Wildman–Crippen LogP) is 2.81. The van der Waals surface area contributed by atoms with Crippen molar-refractivity contribution in [3.63, 3.8) is 0 Å². The fourth-order valence-corrected chi connectivity index (χ4v) is 3.61. The summed E-state index contributed by atoms with van der Waals surface area (Å²) in [6, 6.07) is 11.9. The minimum absolute atomic E-state index is 0.121. The van der Waals surface area contributed by atoms with Crippen LogP contribution in [0.1, 0.15) is 5.56 Å². The minimum atomic E-state index is -3.59. The Morgan fingerprint density at radius 1 is 1.24 bits per heavy atom. The number of ether oxygens (including phenoxy) is 1. The minimum Gasteiger partial charge on any atom is -0.476 e. The molecule has 1 N–H and O–H groups in total. The van der Waals surface area contributed by atoms with Crippen LogP contribution in [0.2, 0.25) is 5.02 Å². The van der Waals surface area contributed by atoms with Gasteiger partial charge in [-0.3, -0.25) is 9.10 Å². The van der Waals surface area contributed by atoms with Gasteiger partial charge in [-0.15, -0.1) is 0 Å². The number of halogens is 1. The number of aryl methyl sites for hydroxylation is 1. The van der Waals surface area contributed by atoms with Gasteiger partial charge in [0.1, 0.15) is 5.75 Å². The molecule has 1 aliphatic rings. The van der Waals surface area contributed by atoms with Gasteiger partial charge < -0.3 is 10.1 Å². The first-order valence-electron chi connectivity index (χ1n) is 7.55. The Bertz CT molecular complexity index is 913. The summed E-state index contributed by atoms with van der Waals surface area (Å²) < 4.78 is 31.1. The summed E-state index contributed by atoms with van der Waals surface area (Å²) in [7, 11) is -3.59. The molecule has 6 nitrogen and oxygen atoms in total. The summed E-state index contributed by atoms with van der Waals surface area (Å²) >= 11 is 5.95. The van der Waals surface area contributed by atoms with Crippen molar-refractivity contribution in [1.82, 2.24) is 0 Å². The van der Waals surface area contributed by atoms with Gasteiger partial charge in [-0.1, -0.05) is 29.3 Å². The summed E-state index contributed by atoms with van der Waals surface area (Å²) in [4.78, 5) is 12.5. The van der Waals surface area contributed by atoms with Crippen molar-refractivity contribution in [3.8, 4) is 5.75 Å². The van der Waals surface area contributed by atoms with Crippen LogP contribution < -0.4 is 14.4 Å². The van der Waals surface area contributed by atoms with E-state index in [9.17, 15) is 13.2 Å². The standard InChI is InChI=1S/C17H17ClN2O4S/c1-11-3-6-13(7-4-11)19-17(21)16-10-20(25(2,22)23)14-9-12(18)5-8-15(14)24-16/h3-9,16H,10H2,1-2H3,(H,19,21)/t16-/m0/s1. The van der Waals surface area contributed by atoms with Crippen molar-refractivity contribution in [2.75, 3.05) is 22.4 Å². The smallest absolute Gasteiger partial charge is 0.267 e. The molecule has 0 fully saturated rings. The van der Waals surface area contributed by atoms with Gasteiger partial charge in [-0.2, -0.15) is 0 Å². The highest BCUT2D eigenvalue weighted by Gasteiger charge is 2.35. The summed E-state index contributed by atoms with van der Waals surface area (Å²) in [6.45, 7) is 1.83. The highest BCUT2D eigenvalue weighted by Crippen LogP contribution is 2.37. The number of benzene rings is 2. The van der Waals surface area contributed by atoms with E-state index in [1.54, 1.807) is 24.3 Å². The zero-order valence-corrected chi connectivity index (χ0v) is 15.3. The van der Waals surface area contributed by atoms with Gasteiger partial charge >= 0.3 is 0 Å². The van der Waals surface area contributed by atoms with Gasteiger partial charge in [-0.25, -0.2) is 8.42 Å². The summed E-state index contributed by atoms with van der Waals surface area (Å²) in [5.74, 6) is -0.122. The second kappa shape index (κ2) is 6.57. The van der Waals surface area contributed by atoms with Crippen LogP contribution in [-0.4, -0.2) is 33.2 Å². The van der Waals surface area contributed by atoms with Crippen LogP contribution in [0.25, 0.3) is 0 Å². The van der Waals surface area contributed by atoms with Crippen molar-refractivity contribution in [1.29, 1.82) is 0 Å². The van der Waals surface area contributed by atoms with E-state index < -0.39 is 22.0 Å². The molecule has 0 saturated heterocycles. The number of carbonyl (C=O) groups is 1. The van der Waals surface area contributed by atoms with Crippen molar-refractivity contribution < 1.29 is 17.9 Å². The van der Waals surface area contributed by atoms with Crippen molar-refractivity contribution >= 4 is 38.9 Å². The van der Waals surface area contributed by atoms with E-state index in [1.807, 2.05) is 19.1 Å². The second-order valence-corrected chi connectivity index (χ2v) is 8.21. The number of anilines is 2. The summed E-state index contributed by atoms with van der Waals surface area (Å²) in [6.07, 6.45) is 0.113. The quantitative estimate of drug-likeness (QED) is 0.888. The van der Waals surface area contributed by atoms with Crippen LogP contribution in [-0.2, 0) is 14.8 Å². The molecule has 0 spiro atoms. The lowest BCUT2D eigenvalue weighted by Crippen LogP contribution is -2.48. The first kappa shape index (κ1) is 17.6. The fraction of sp³-hybridized carbons (Fsp3) is 0.235. The van der Waals surface area contributed by atoms with E-state index >= 15 is 0 Å². The molecule has 0 bridgehead atoms. The predicted molar refractivity (Wildman–Crippen MR) is 97.9 cm³/mol. The number of rotatable bonds is 3. The Kier molecular flexibility index (Phi) is 4.62. The number of hydrogen-bond acceptors (Lipinski definition) is 4. The molecular formula is C17H17ClN2O4S. The molecule has 0 radical (unpaired) electrons. The monoisotopic (exact) mass is 380 g/mol. The molecule has 0 aromatic heterocycles. The SMILES string of the molecule is Cc1ccc(NC(=O)[C@@H]2CN(S(C)(=O)=O)c3cc(Cl)ccc3O2)cc1. The number of nitrogens with zero attached hydrogens (tertiary/aromatic N) is 1. The molecule has 0 aliphatic carbocycles. The fourth-order valence-electron chi connectivity index (χ4n) is 2.53. The lowest BCUT2D eigenvalue weighted by atomic mass is 10.2. The van der Waals surface area contributed by atoms with E-state index in [0.717, 1.165) is 16.1 Å². The van der Waals surface area contributed by atoms with Gasteiger partial charge in [0.15, 0.2) is 6.10 Å². The Morgan fingerprint density at radius 2 is 1.92 bits per heavy atom. The average molecular weight is 381 g/mol. The highest BCUT2D eigenvalue weighted by molar-refractivity contribution is 7.92. The number of carbonyl (C=O) groups excluding carboxylic acids is 1. The van der Waals surface area contributed by atoms with E-state index in [1.165, 1.54) is 6.07 Å². The van der Waals surface area contributed by atoms with Crippen molar-refractivity contribution in [3.05, 3.63) is 53.1 Å². The number of amides is 1. The first-order chi connectivity index (χ1) is 11.7. The number of sulfonamides is 1. The zero-order valence-electron chi connectivity index (χ0n) is 13.7. The molecule has 0 saturated carbocycles. The van der Waals surface area contributed by atoms with E-state index in [0.29, 0.717) is 22.1 Å². The Balaban J connectivity index is 1.87. The number of hydrogen-bond donors (Lipinski definition) is 1. The molecule has 2 aromatic carbocycles. The maximum absolute atomic E-state index is 12.5. The van der Waals surface area contributed by atoms with Crippen molar-refractivity contribution in [2.45, 2.75) is 13.0 Å². The normalized spacial score (nSPS) is 16.8. The van der Waals surface area contributed by atoms with Crippen molar-refractivity contribution in [2.24, 2.45) is 0 Å². The van der Waals surface area contributed by atoms with Gasteiger partial charge in [-0.05, 0) is 37.3 Å². The van der Waals surface area contributed by atoms with Crippen LogP contribution in [0.4, 0.5) is 11.4 Å². The van der Waals surface area contributed by atoms with Gasteiger partial charge in [0.25, 0.3) is 5.91 Å². The molecular weight excluding hydrogens is 364 g/mol. The molecule has 1 heterocycles. The van der Waals surface area contributed by atoms with Crippen LogP contribution in [0.5, 0.6) is 5.75 Å². The molecule has 1 atom stereocenters. The van der Waals surface area contributed by atoms with Gasteiger partial charge in [0, 0.05) is 10.7 Å². The molecule has 1 aliphatic heterocycles. The van der Waals surface area contributed by atoms with Crippen LogP contribution >= 0.6 is 11.6 Å². The Hall–Kier alpha value is -2.25. The topological polar surface area (TPSA) is 75.7 Å². The summed E-state index contributed by atoms with van der Waals surface area (Å²) in [5, 5.41) is 3.13. The molecule has 25 heavy (non-hydrogen) atoms. The average Bonchev–Trinajstić information content (AvgIpc) is 2.55. The highest BCUT2D eigenvalue weighted by atomic mass is 35.5. The van der Waals surface area contributed by atoms with Gasteiger partial charge in [0.2, 0.25) is 10.0 Å². The van der Waals surface area contributed by atoms with Crippen LogP contribution in [0, 0.1) is 6.92 Å². The lowest BCUT2D eigenvalue weighted by molar-refractivity contribution is -0.122. The maximum atomic E-state index is 12.5. The first-order valence-corrected chi connectivity index (χ1v) is 9.78. The number of nitrogens with one attached hydrogen (secondary N) is 1. The Morgan fingerprint density at radius 3 is 2.56 bits per heavy atom. The van der Waals surface area contributed by atoms with E-state index in [-0.39, 0.29) is 6.54 Å². The maximum Gasteiger partial charge on any atom is 0.267 e. The lowest BCUT2D eigenvalue weighted by Gasteiger charge is -2.34. The molecule has 3 rings (SSSR count). The summed E-state index contributed by atoms with van der Waals surface area (Å²) in [5.41, 5.74) is 2.02. The van der Waals surface area contributed by atoms with E-state index in [2.05, 4.69) is 5.32 Å². The second-order valence-electron chi connectivity index (χ2n) is 5.87. The third-order valence-electron chi connectivity index (χ3n) is 3.80. The van der Waals surface area contributed by atoms with Gasteiger partial charge in [0.05, 0.1) is 18.5 Å². The molecule has 1 amide bonds. The third-order valence-corrected chi connectivity index (χ3v) is 5.18. The van der Waals surface area contributed by atoms with Crippen LogP contribution in [0.3, 0.4) is 0 Å². The molecule has 2 aromatic rings.